The zero-order valence-electron chi connectivity index (χ0n) is 12.9. The van der Waals surface area contributed by atoms with Gasteiger partial charge in [-0.2, -0.15) is 0 Å². The molecule has 0 saturated carbocycles. The summed E-state index contributed by atoms with van der Waals surface area (Å²) in [6, 6.07) is 1.12. The molecule has 0 aliphatic carbocycles. The van der Waals surface area contributed by atoms with Crippen molar-refractivity contribution in [3.63, 3.8) is 0 Å². The predicted octanol–water partition coefficient (Wildman–Crippen LogP) is 4.74. The zero-order chi connectivity index (χ0) is 13.5. The molecule has 0 unspecified atom stereocenters. The molecule has 17 heavy (non-hydrogen) atoms. The predicted molar refractivity (Wildman–Crippen MR) is 77.6 cm³/mol. The fourth-order valence-corrected chi connectivity index (χ4v) is 6.23. The fourth-order valence-electron chi connectivity index (χ4n) is 2.36. The van der Waals surface area contributed by atoms with Gasteiger partial charge in [-0.15, -0.1) is 0 Å². The molecule has 0 rings (SSSR count). The third-order valence-electron chi connectivity index (χ3n) is 4.44. The standard InChI is InChI=1S/C14H32O2Si/c1-8-9-10-11-12-17(15-6,16-7)14(4,5)13(2)3/h13H,8-12H2,1-7H3. The Hall–Kier alpha value is 0.137. The van der Waals surface area contributed by atoms with E-state index in [9.17, 15) is 0 Å². The summed E-state index contributed by atoms with van der Waals surface area (Å²) in [6.45, 7) is 11.4. The van der Waals surface area contributed by atoms with Crippen molar-refractivity contribution in [2.24, 2.45) is 5.92 Å². The lowest BCUT2D eigenvalue weighted by molar-refractivity contribution is 0.190. The van der Waals surface area contributed by atoms with Crippen LogP contribution in [0.4, 0.5) is 0 Å². The van der Waals surface area contributed by atoms with Gasteiger partial charge in [0.2, 0.25) is 0 Å². The molecule has 0 aromatic heterocycles. The maximum Gasteiger partial charge on any atom is 0.343 e. The lowest BCUT2D eigenvalue weighted by atomic mass is 9.99. The van der Waals surface area contributed by atoms with Gasteiger partial charge in [-0.05, 0) is 12.0 Å². The molecule has 0 saturated heterocycles. The van der Waals surface area contributed by atoms with Crippen molar-refractivity contribution in [2.75, 3.05) is 14.2 Å². The van der Waals surface area contributed by atoms with Crippen LogP contribution in [0.25, 0.3) is 0 Å². The van der Waals surface area contributed by atoms with E-state index in [1.54, 1.807) is 0 Å². The topological polar surface area (TPSA) is 18.5 Å². The van der Waals surface area contributed by atoms with Crippen LogP contribution >= 0.6 is 0 Å². The van der Waals surface area contributed by atoms with Crippen LogP contribution in [0.3, 0.4) is 0 Å². The summed E-state index contributed by atoms with van der Waals surface area (Å²) in [7, 11) is 1.58. The summed E-state index contributed by atoms with van der Waals surface area (Å²) in [6.07, 6.45) is 5.13. The highest BCUT2D eigenvalue weighted by Gasteiger charge is 2.51. The minimum absolute atomic E-state index is 0.155. The van der Waals surface area contributed by atoms with Gasteiger partial charge < -0.3 is 8.85 Å². The first-order valence-electron chi connectivity index (χ1n) is 6.98. The highest BCUT2D eigenvalue weighted by molar-refractivity contribution is 6.70. The number of hydrogen-bond acceptors (Lipinski definition) is 2. The fraction of sp³-hybridized carbons (Fsp3) is 1.00. The largest absolute Gasteiger partial charge is 0.397 e. The molecule has 0 spiro atoms. The van der Waals surface area contributed by atoms with Crippen LogP contribution in [0.1, 0.15) is 60.3 Å². The smallest absolute Gasteiger partial charge is 0.343 e. The van der Waals surface area contributed by atoms with Crippen LogP contribution in [-0.4, -0.2) is 22.8 Å². The van der Waals surface area contributed by atoms with E-state index >= 15 is 0 Å². The molecule has 3 heteroatoms. The molecule has 0 aliphatic rings. The van der Waals surface area contributed by atoms with Gasteiger partial charge in [0, 0.05) is 19.3 Å². The van der Waals surface area contributed by atoms with Crippen molar-refractivity contribution in [2.45, 2.75) is 71.4 Å². The maximum absolute atomic E-state index is 5.91. The monoisotopic (exact) mass is 260 g/mol. The second-order valence-electron chi connectivity index (χ2n) is 5.85. The Morgan fingerprint density at radius 2 is 1.53 bits per heavy atom. The van der Waals surface area contributed by atoms with Gasteiger partial charge in [-0.25, -0.2) is 0 Å². The average molecular weight is 260 g/mol. The Bertz CT molecular complexity index is 198. The van der Waals surface area contributed by atoms with Gasteiger partial charge in [0.1, 0.15) is 0 Å². The van der Waals surface area contributed by atoms with Crippen LogP contribution in [0.2, 0.25) is 11.1 Å². The van der Waals surface area contributed by atoms with Crippen molar-refractivity contribution in [3.8, 4) is 0 Å². The van der Waals surface area contributed by atoms with Crippen molar-refractivity contribution >= 4 is 8.56 Å². The maximum atomic E-state index is 5.91. The van der Waals surface area contributed by atoms with E-state index in [1.165, 1.54) is 25.7 Å². The Balaban J connectivity index is 4.66. The third kappa shape index (κ3) is 4.07. The summed E-state index contributed by atoms with van der Waals surface area (Å²) < 4.78 is 11.8. The summed E-state index contributed by atoms with van der Waals surface area (Å²) in [5.74, 6) is 0.584. The summed E-state index contributed by atoms with van der Waals surface area (Å²) in [4.78, 5) is 0. The zero-order valence-corrected chi connectivity index (χ0v) is 13.9. The van der Waals surface area contributed by atoms with E-state index in [0.29, 0.717) is 5.92 Å². The minimum atomic E-state index is -2.08. The molecule has 0 aromatic carbocycles. The van der Waals surface area contributed by atoms with E-state index < -0.39 is 8.56 Å². The van der Waals surface area contributed by atoms with E-state index in [-0.39, 0.29) is 5.04 Å². The van der Waals surface area contributed by atoms with Gasteiger partial charge in [0.25, 0.3) is 0 Å². The molecular formula is C14H32O2Si. The first-order chi connectivity index (χ1) is 7.88. The van der Waals surface area contributed by atoms with Crippen LogP contribution in [-0.2, 0) is 8.85 Å². The third-order valence-corrected chi connectivity index (χ3v) is 9.32. The molecule has 2 nitrogen and oxygen atoms in total. The summed E-state index contributed by atoms with van der Waals surface area (Å²) in [5.41, 5.74) is 0. The molecule has 0 aliphatic heterocycles. The van der Waals surface area contributed by atoms with Gasteiger partial charge in [-0.1, -0.05) is 60.3 Å². The summed E-state index contributed by atoms with van der Waals surface area (Å²) >= 11 is 0. The van der Waals surface area contributed by atoms with Gasteiger partial charge in [0.05, 0.1) is 0 Å². The van der Waals surface area contributed by atoms with Crippen molar-refractivity contribution in [3.05, 3.63) is 0 Å². The van der Waals surface area contributed by atoms with E-state index in [4.69, 9.17) is 8.85 Å². The SMILES string of the molecule is CCCCCC[Si](OC)(OC)C(C)(C)C(C)C. The average Bonchev–Trinajstić information content (AvgIpc) is 2.29. The molecule has 0 aromatic rings. The molecule has 0 atom stereocenters. The molecule has 104 valence electrons. The first-order valence-corrected chi connectivity index (χ1v) is 9.00. The van der Waals surface area contributed by atoms with Crippen molar-refractivity contribution in [1.29, 1.82) is 0 Å². The molecule has 0 radical (unpaired) electrons. The summed E-state index contributed by atoms with van der Waals surface area (Å²) in [5, 5.41) is 0.155. The minimum Gasteiger partial charge on any atom is -0.397 e. The van der Waals surface area contributed by atoms with Crippen LogP contribution in [0.15, 0.2) is 0 Å². The van der Waals surface area contributed by atoms with E-state index in [0.717, 1.165) is 6.04 Å². The quantitative estimate of drug-likeness (QED) is 0.440. The van der Waals surface area contributed by atoms with Gasteiger partial charge in [-0.3, -0.25) is 0 Å². The molecule has 0 fully saturated rings. The van der Waals surface area contributed by atoms with E-state index in [1.807, 2.05) is 14.2 Å². The molecular weight excluding hydrogens is 228 g/mol. The van der Waals surface area contributed by atoms with Crippen molar-refractivity contribution in [1.82, 2.24) is 0 Å². The second kappa shape index (κ2) is 7.55. The number of unbranched alkanes of at least 4 members (excludes halogenated alkanes) is 3. The number of rotatable bonds is 9. The normalized spacial score (nSPS) is 13.4. The second-order valence-corrected chi connectivity index (χ2v) is 9.96. The highest BCUT2D eigenvalue weighted by atomic mass is 28.4. The Morgan fingerprint density at radius 1 is 1.00 bits per heavy atom. The lowest BCUT2D eigenvalue weighted by Gasteiger charge is -2.44. The van der Waals surface area contributed by atoms with Gasteiger partial charge in [0.15, 0.2) is 0 Å². The number of hydrogen-bond donors (Lipinski definition) is 0. The first kappa shape index (κ1) is 17.1. The highest BCUT2D eigenvalue weighted by Crippen LogP contribution is 2.47. The van der Waals surface area contributed by atoms with Crippen molar-refractivity contribution < 1.29 is 8.85 Å². The van der Waals surface area contributed by atoms with Gasteiger partial charge >= 0.3 is 8.56 Å². The lowest BCUT2D eigenvalue weighted by Crippen LogP contribution is -2.52. The van der Waals surface area contributed by atoms with Crippen LogP contribution in [0, 0.1) is 5.92 Å². The molecule has 0 bridgehead atoms. The molecule has 0 heterocycles. The van der Waals surface area contributed by atoms with E-state index in [2.05, 4.69) is 34.6 Å². The van der Waals surface area contributed by atoms with Crippen LogP contribution in [0.5, 0.6) is 0 Å². The molecule has 0 amide bonds. The van der Waals surface area contributed by atoms with Crippen LogP contribution < -0.4 is 0 Å². The Kier molecular flexibility index (Phi) is 7.61. The Morgan fingerprint density at radius 3 is 1.88 bits per heavy atom. The Labute approximate surface area is 109 Å². The molecule has 0 N–H and O–H groups in total.